The summed E-state index contributed by atoms with van der Waals surface area (Å²) < 4.78 is 0. The summed E-state index contributed by atoms with van der Waals surface area (Å²) in [5.41, 5.74) is 0. The average molecular weight is 128 g/mol. The third-order valence-electron chi connectivity index (χ3n) is 2.04. The Labute approximate surface area is 54.9 Å². The van der Waals surface area contributed by atoms with Gasteiger partial charge in [0.2, 0.25) is 0 Å². The molecule has 1 aliphatic carbocycles. The normalized spacial score (nSPS) is 34.8. The highest BCUT2D eigenvalue weighted by atomic mass is 16.4. The SMILES string of the molecule is C[C@@H]1CC[C@H](C(=O)O)C1. The van der Waals surface area contributed by atoms with E-state index in [-0.39, 0.29) is 5.92 Å². The second kappa shape index (κ2) is 2.38. The van der Waals surface area contributed by atoms with Crippen molar-refractivity contribution in [2.75, 3.05) is 0 Å². The molecule has 1 N–H and O–H groups in total. The molecule has 1 rings (SSSR count). The van der Waals surface area contributed by atoms with Crippen molar-refractivity contribution in [1.82, 2.24) is 0 Å². The first-order chi connectivity index (χ1) is 4.20. The molecule has 9 heavy (non-hydrogen) atoms. The van der Waals surface area contributed by atoms with E-state index in [2.05, 4.69) is 6.92 Å². The van der Waals surface area contributed by atoms with Crippen LogP contribution in [0.5, 0.6) is 0 Å². The van der Waals surface area contributed by atoms with Gasteiger partial charge in [-0.05, 0) is 25.2 Å². The molecule has 1 saturated carbocycles. The first-order valence-electron chi connectivity index (χ1n) is 3.43. The Morgan fingerprint density at radius 2 is 2.22 bits per heavy atom. The van der Waals surface area contributed by atoms with E-state index >= 15 is 0 Å². The summed E-state index contributed by atoms with van der Waals surface area (Å²) in [5, 5.41) is 8.53. The van der Waals surface area contributed by atoms with E-state index in [9.17, 15) is 4.79 Å². The number of carboxylic acid groups (broad SMARTS) is 1. The number of carboxylic acids is 1. The van der Waals surface area contributed by atoms with Gasteiger partial charge in [0.05, 0.1) is 5.92 Å². The second-order valence-corrected chi connectivity index (χ2v) is 2.95. The van der Waals surface area contributed by atoms with E-state index in [0.29, 0.717) is 5.92 Å². The molecule has 0 unspecified atom stereocenters. The van der Waals surface area contributed by atoms with Crippen molar-refractivity contribution in [2.24, 2.45) is 11.8 Å². The minimum Gasteiger partial charge on any atom is -0.481 e. The van der Waals surface area contributed by atoms with Gasteiger partial charge in [-0.3, -0.25) is 4.79 Å². The van der Waals surface area contributed by atoms with Crippen LogP contribution in [0.1, 0.15) is 26.2 Å². The van der Waals surface area contributed by atoms with E-state index in [1.54, 1.807) is 0 Å². The van der Waals surface area contributed by atoms with Gasteiger partial charge < -0.3 is 5.11 Å². The molecule has 0 aromatic carbocycles. The van der Waals surface area contributed by atoms with Crippen LogP contribution in [0.15, 0.2) is 0 Å². The number of aliphatic carboxylic acids is 1. The van der Waals surface area contributed by atoms with Gasteiger partial charge in [-0.25, -0.2) is 0 Å². The summed E-state index contributed by atoms with van der Waals surface area (Å²) in [7, 11) is 0. The standard InChI is InChI=1S/C7H12O2/c1-5-2-3-6(4-5)7(8)9/h5-6H,2-4H2,1H3,(H,8,9)/t5-,6+/m1/s1. The van der Waals surface area contributed by atoms with Crippen LogP contribution in [-0.2, 0) is 4.79 Å². The third kappa shape index (κ3) is 1.44. The summed E-state index contributed by atoms with van der Waals surface area (Å²) >= 11 is 0. The fraction of sp³-hybridized carbons (Fsp3) is 0.857. The molecule has 0 bridgehead atoms. The van der Waals surface area contributed by atoms with Gasteiger partial charge in [0.15, 0.2) is 0 Å². The monoisotopic (exact) mass is 128 g/mol. The van der Waals surface area contributed by atoms with Crippen LogP contribution in [0.4, 0.5) is 0 Å². The van der Waals surface area contributed by atoms with Gasteiger partial charge in [0, 0.05) is 0 Å². The first kappa shape index (κ1) is 6.59. The van der Waals surface area contributed by atoms with Gasteiger partial charge in [0.1, 0.15) is 0 Å². The highest BCUT2D eigenvalue weighted by Crippen LogP contribution is 2.29. The van der Waals surface area contributed by atoms with Gasteiger partial charge in [-0.15, -0.1) is 0 Å². The largest absolute Gasteiger partial charge is 0.481 e. The number of rotatable bonds is 1. The molecule has 2 heteroatoms. The molecule has 0 aliphatic heterocycles. The summed E-state index contributed by atoms with van der Waals surface area (Å²) in [6, 6.07) is 0. The summed E-state index contributed by atoms with van der Waals surface area (Å²) in [4.78, 5) is 10.3. The molecule has 0 spiro atoms. The van der Waals surface area contributed by atoms with Gasteiger partial charge >= 0.3 is 5.97 Å². The van der Waals surface area contributed by atoms with Crippen LogP contribution in [0.2, 0.25) is 0 Å². The molecular formula is C7H12O2. The fourth-order valence-electron chi connectivity index (χ4n) is 1.43. The minimum atomic E-state index is -0.612. The van der Waals surface area contributed by atoms with Crippen LogP contribution >= 0.6 is 0 Å². The maximum absolute atomic E-state index is 10.3. The van der Waals surface area contributed by atoms with Crippen LogP contribution in [-0.4, -0.2) is 11.1 Å². The van der Waals surface area contributed by atoms with Gasteiger partial charge in [-0.2, -0.15) is 0 Å². The van der Waals surface area contributed by atoms with Gasteiger partial charge in [0.25, 0.3) is 0 Å². The molecule has 52 valence electrons. The van der Waals surface area contributed by atoms with Crippen molar-refractivity contribution in [3.05, 3.63) is 0 Å². The van der Waals surface area contributed by atoms with E-state index in [1.807, 2.05) is 0 Å². The summed E-state index contributed by atoms with van der Waals surface area (Å²) in [6.07, 6.45) is 2.86. The molecule has 1 fully saturated rings. The van der Waals surface area contributed by atoms with Crippen molar-refractivity contribution < 1.29 is 9.90 Å². The predicted molar refractivity (Wildman–Crippen MR) is 34.1 cm³/mol. The number of hydrogen-bond donors (Lipinski definition) is 1. The van der Waals surface area contributed by atoms with Crippen LogP contribution in [0.3, 0.4) is 0 Å². The van der Waals surface area contributed by atoms with Gasteiger partial charge in [-0.1, -0.05) is 6.92 Å². The van der Waals surface area contributed by atoms with Crippen molar-refractivity contribution in [3.8, 4) is 0 Å². The van der Waals surface area contributed by atoms with E-state index in [0.717, 1.165) is 19.3 Å². The highest BCUT2D eigenvalue weighted by Gasteiger charge is 2.26. The summed E-state index contributed by atoms with van der Waals surface area (Å²) in [5.74, 6) is -0.0227. The van der Waals surface area contributed by atoms with E-state index in [1.165, 1.54) is 0 Å². The first-order valence-corrected chi connectivity index (χ1v) is 3.43. The minimum absolute atomic E-state index is 0.0417. The highest BCUT2D eigenvalue weighted by molar-refractivity contribution is 5.70. The van der Waals surface area contributed by atoms with E-state index < -0.39 is 5.97 Å². The maximum Gasteiger partial charge on any atom is 0.306 e. The van der Waals surface area contributed by atoms with Crippen molar-refractivity contribution >= 4 is 5.97 Å². The Balaban J connectivity index is 2.39. The molecular weight excluding hydrogens is 116 g/mol. The molecule has 0 aromatic heterocycles. The van der Waals surface area contributed by atoms with Crippen LogP contribution < -0.4 is 0 Å². The smallest absolute Gasteiger partial charge is 0.306 e. The second-order valence-electron chi connectivity index (χ2n) is 2.95. The molecule has 2 atom stereocenters. The zero-order valence-corrected chi connectivity index (χ0v) is 5.63. The molecule has 0 amide bonds. The lowest BCUT2D eigenvalue weighted by molar-refractivity contribution is -0.141. The molecule has 0 heterocycles. The Kier molecular flexibility index (Phi) is 1.74. The van der Waals surface area contributed by atoms with Crippen molar-refractivity contribution in [1.29, 1.82) is 0 Å². The molecule has 0 saturated heterocycles. The predicted octanol–water partition coefficient (Wildman–Crippen LogP) is 1.51. The lowest BCUT2D eigenvalue weighted by atomic mass is 10.1. The Morgan fingerprint density at radius 1 is 1.56 bits per heavy atom. The molecule has 1 aliphatic rings. The Hall–Kier alpha value is -0.530. The third-order valence-corrected chi connectivity index (χ3v) is 2.04. The van der Waals surface area contributed by atoms with Crippen molar-refractivity contribution in [2.45, 2.75) is 26.2 Å². The number of hydrogen-bond acceptors (Lipinski definition) is 1. The molecule has 2 nitrogen and oxygen atoms in total. The Bertz CT molecular complexity index is 120. The van der Waals surface area contributed by atoms with E-state index in [4.69, 9.17) is 5.11 Å². The lowest BCUT2D eigenvalue weighted by Gasteiger charge is -1.99. The van der Waals surface area contributed by atoms with Crippen LogP contribution in [0, 0.1) is 11.8 Å². The molecule has 0 aromatic rings. The zero-order valence-electron chi connectivity index (χ0n) is 5.63. The van der Waals surface area contributed by atoms with Crippen molar-refractivity contribution in [3.63, 3.8) is 0 Å². The maximum atomic E-state index is 10.3. The summed E-state index contributed by atoms with van der Waals surface area (Å²) in [6.45, 7) is 2.11. The topological polar surface area (TPSA) is 37.3 Å². The van der Waals surface area contributed by atoms with Crippen LogP contribution in [0.25, 0.3) is 0 Å². The average Bonchev–Trinajstić information content (AvgIpc) is 2.14. The quantitative estimate of drug-likeness (QED) is 0.581. The number of carbonyl (C=O) groups is 1. The fourth-order valence-corrected chi connectivity index (χ4v) is 1.43. The Morgan fingerprint density at radius 3 is 2.44 bits per heavy atom. The lowest BCUT2D eigenvalue weighted by Crippen LogP contribution is -2.08. The zero-order chi connectivity index (χ0) is 6.85. The molecule has 0 radical (unpaired) electrons.